The minimum absolute atomic E-state index is 0.0637. The summed E-state index contributed by atoms with van der Waals surface area (Å²) in [7, 11) is 1.54. The SMILES string of the molecule is COc1cccc2[nH]c(C(=O)NCC(=O)NC(C#N)Cc3ccc[nH]c3=O)cc12. The van der Waals surface area contributed by atoms with Crippen LogP contribution in [0.25, 0.3) is 10.9 Å². The van der Waals surface area contributed by atoms with E-state index in [9.17, 15) is 19.6 Å². The van der Waals surface area contributed by atoms with Gasteiger partial charge in [0.1, 0.15) is 17.5 Å². The number of ether oxygens (including phenoxy) is 1. The first kappa shape index (κ1) is 19.7. The Morgan fingerprint density at radius 3 is 2.83 bits per heavy atom. The van der Waals surface area contributed by atoms with E-state index in [0.29, 0.717) is 11.3 Å². The smallest absolute Gasteiger partial charge is 0.268 e. The number of H-pyrrole nitrogens is 2. The lowest BCUT2D eigenvalue weighted by molar-refractivity contribution is -0.120. The van der Waals surface area contributed by atoms with Crippen molar-refractivity contribution in [3.63, 3.8) is 0 Å². The number of rotatable bonds is 7. The zero-order valence-corrected chi connectivity index (χ0v) is 15.6. The molecule has 2 heterocycles. The lowest BCUT2D eigenvalue weighted by Gasteiger charge is -2.11. The van der Waals surface area contributed by atoms with Crippen LogP contribution < -0.4 is 20.9 Å². The number of carbonyl (C=O) groups excluding carboxylic acids is 2. The van der Waals surface area contributed by atoms with Crippen LogP contribution in [0.1, 0.15) is 16.1 Å². The number of nitrogens with one attached hydrogen (secondary N) is 4. The van der Waals surface area contributed by atoms with Gasteiger partial charge in [-0.15, -0.1) is 0 Å². The zero-order valence-electron chi connectivity index (χ0n) is 15.6. The quantitative estimate of drug-likeness (QED) is 0.471. The molecular weight excluding hydrogens is 374 g/mol. The third kappa shape index (κ3) is 4.62. The molecule has 9 nitrogen and oxygen atoms in total. The van der Waals surface area contributed by atoms with E-state index >= 15 is 0 Å². The van der Waals surface area contributed by atoms with Gasteiger partial charge in [-0.05, 0) is 24.3 Å². The fraction of sp³-hybridized carbons (Fsp3) is 0.200. The van der Waals surface area contributed by atoms with Crippen molar-refractivity contribution in [1.29, 1.82) is 5.26 Å². The number of pyridine rings is 1. The van der Waals surface area contributed by atoms with Crippen molar-refractivity contribution in [2.75, 3.05) is 13.7 Å². The molecule has 0 saturated heterocycles. The predicted octanol–water partition coefficient (Wildman–Crippen LogP) is 0.846. The number of carbonyl (C=O) groups is 2. The molecule has 3 aromatic rings. The molecule has 0 fully saturated rings. The highest BCUT2D eigenvalue weighted by Gasteiger charge is 2.16. The number of benzene rings is 1. The van der Waals surface area contributed by atoms with Gasteiger partial charge in [0.2, 0.25) is 5.91 Å². The third-order valence-electron chi connectivity index (χ3n) is 4.31. The second-order valence-corrected chi connectivity index (χ2v) is 6.27. The summed E-state index contributed by atoms with van der Waals surface area (Å²) >= 11 is 0. The molecule has 0 aliphatic heterocycles. The molecule has 2 aromatic heterocycles. The summed E-state index contributed by atoms with van der Waals surface area (Å²) in [6, 6.07) is 11.3. The number of aromatic nitrogens is 2. The van der Waals surface area contributed by atoms with E-state index in [1.807, 2.05) is 12.1 Å². The third-order valence-corrected chi connectivity index (χ3v) is 4.31. The van der Waals surface area contributed by atoms with Crippen LogP contribution in [0, 0.1) is 11.3 Å². The second kappa shape index (κ2) is 8.75. The van der Waals surface area contributed by atoms with Gasteiger partial charge in [-0.25, -0.2) is 0 Å². The average molecular weight is 393 g/mol. The zero-order chi connectivity index (χ0) is 20.8. The van der Waals surface area contributed by atoms with Crippen LogP contribution in [-0.4, -0.2) is 41.5 Å². The fourth-order valence-electron chi connectivity index (χ4n) is 2.89. The van der Waals surface area contributed by atoms with Gasteiger partial charge < -0.3 is 25.3 Å². The number of hydrogen-bond acceptors (Lipinski definition) is 5. The summed E-state index contributed by atoms with van der Waals surface area (Å²) in [6.07, 6.45) is 1.55. The number of nitrogens with zero attached hydrogens (tertiary/aromatic N) is 1. The van der Waals surface area contributed by atoms with Gasteiger partial charge in [-0.1, -0.05) is 12.1 Å². The first-order valence-electron chi connectivity index (χ1n) is 8.81. The number of methoxy groups -OCH3 is 1. The van der Waals surface area contributed by atoms with Crippen LogP contribution in [-0.2, 0) is 11.2 Å². The number of amides is 2. The number of fused-ring (bicyclic) bond motifs is 1. The second-order valence-electron chi connectivity index (χ2n) is 6.27. The van der Waals surface area contributed by atoms with Gasteiger partial charge >= 0.3 is 0 Å². The molecule has 148 valence electrons. The molecule has 0 spiro atoms. The van der Waals surface area contributed by atoms with Crippen molar-refractivity contribution >= 4 is 22.7 Å². The maximum absolute atomic E-state index is 12.3. The molecule has 1 atom stereocenters. The van der Waals surface area contributed by atoms with Crippen LogP contribution >= 0.6 is 0 Å². The summed E-state index contributed by atoms with van der Waals surface area (Å²) < 4.78 is 5.26. The van der Waals surface area contributed by atoms with Gasteiger partial charge in [0.15, 0.2) is 0 Å². The summed E-state index contributed by atoms with van der Waals surface area (Å²) in [5.74, 6) is -0.374. The van der Waals surface area contributed by atoms with Crippen molar-refractivity contribution in [2.24, 2.45) is 0 Å². The molecule has 29 heavy (non-hydrogen) atoms. The molecule has 3 rings (SSSR count). The van der Waals surface area contributed by atoms with Crippen molar-refractivity contribution in [3.8, 4) is 11.8 Å². The molecule has 4 N–H and O–H groups in total. The van der Waals surface area contributed by atoms with Crippen LogP contribution in [0.5, 0.6) is 5.75 Å². The number of nitriles is 1. The fourth-order valence-corrected chi connectivity index (χ4v) is 2.89. The Kier molecular flexibility index (Phi) is 5.94. The first-order chi connectivity index (χ1) is 14.0. The summed E-state index contributed by atoms with van der Waals surface area (Å²) in [5, 5.41) is 15.0. The van der Waals surface area contributed by atoms with Crippen LogP contribution in [0.2, 0.25) is 0 Å². The Bertz CT molecular complexity index is 1140. The summed E-state index contributed by atoms with van der Waals surface area (Å²) in [6.45, 7) is -0.311. The monoisotopic (exact) mass is 393 g/mol. The van der Waals surface area contributed by atoms with Crippen molar-refractivity contribution in [3.05, 3.63) is 64.2 Å². The average Bonchev–Trinajstić information content (AvgIpc) is 3.17. The maximum Gasteiger partial charge on any atom is 0.268 e. The Hall–Kier alpha value is -4.06. The van der Waals surface area contributed by atoms with Crippen LogP contribution in [0.4, 0.5) is 0 Å². The van der Waals surface area contributed by atoms with Gasteiger partial charge in [-0.2, -0.15) is 5.26 Å². The molecule has 1 aromatic carbocycles. The summed E-state index contributed by atoms with van der Waals surface area (Å²) in [5.41, 5.74) is 1.08. The van der Waals surface area contributed by atoms with Gasteiger partial charge in [-0.3, -0.25) is 14.4 Å². The minimum Gasteiger partial charge on any atom is -0.496 e. The molecule has 0 aliphatic rings. The Morgan fingerprint density at radius 2 is 2.10 bits per heavy atom. The van der Waals surface area contributed by atoms with Gasteiger partial charge in [0.05, 0.1) is 19.7 Å². The lowest BCUT2D eigenvalue weighted by Crippen LogP contribution is -2.42. The Morgan fingerprint density at radius 1 is 1.28 bits per heavy atom. The van der Waals surface area contributed by atoms with Gasteiger partial charge in [0, 0.05) is 29.1 Å². The molecule has 1 unspecified atom stereocenters. The first-order valence-corrected chi connectivity index (χ1v) is 8.81. The Balaban J connectivity index is 1.58. The molecule has 2 amide bonds. The highest BCUT2D eigenvalue weighted by molar-refractivity contribution is 6.00. The summed E-state index contributed by atoms with van der Waals surface area (Å²) in [4.78, 5) is 41.6. The number of hydrogen-bond donors (Lipinski definition) is 4. The molecule has 0 radical (unpaired) electrons. The van der Waals surface area contributed by atoms with Crippen molar-refractivity contribution < 1.29 is 14.3 Å². The minimum atomic E-state index is -0.889. The molecule has 9 heteroatoms. The molecule has 0 saturated carbocycles. The van der Waals surface area contributed by atoms with E-state index in [1.54, 1.807) is 37.4 Å². The predicted molar refractivity (Wildman–Crippen MR) is 105 cm³/mol. The maximum atomic E-state index is 12.3. The Labute approximate surface area is 165 Å². The normalized spacial score (nSPS) is 11.4. The largest absolute Gasteiger partial charge is 0.496 e. The molecular formula is C20H19N5O4. The van der Waals surface area contributed by atoms with E-state index in [4.69, 9.17) is 4.74 Å². The standard InChI is InChI=1S/C20H19N5O4/c1-29-17-6-2-5-15-14(17)9-16(25-15)20(28)23-11-18(26)24-13(10-21)8-12-4-3-7-22-19(12)27/h2-7,9,13,25H,8,11H2,1H3,(H,22,27)(H,23,28)(H,24,26). The highest BCUT2D eigenvalue weighted by Crippen LogP contribution is 2.25. The van der Waals surface area contributed by atoms with E-state index in [0.717, 1.165) is 10.9 Å². The van der Waals surface area contributed by atoms with Crippen LogP contribution in [0.15, 0.2) is 47.4 Å². The van der Waals surface area contributed by atoms with E-state index < -0.39 is 17.9 Å². The molecule has 0 bridgehead atoms. The lowest BCUT2D eigenvalue weighted by atomic mass is 10.1. The van der Waals surface area contributed by atoms with Crippen LogP contribution in [0.3, 0.4) is 0 Å². The molecule has 0 aliphatic carbocycles. The van der Waals surface area contributed by atoms with E-state index in [-0.39, 0.29) is 24.2 Å². The topological polar surface area (TPSA) is 140 Å². The van der Waals surface area contributed by atoms with Crippen molar-refractivity contribution in [2.45, 2.75) is 12.5 Å². The number of aromatic amines is 2. The highest BCUT2D eigenvalue weighted by atomic mass is 16.5. The van der Waals surface area contributed by atoms with Gasteiger partial charge in [0.25, 0.3) is 11.5 Å². The van der Waals surface area contributed by atoms with Crippen molar-refractivity contribution in [1.82, 2.24) is 20.6 Å². The van der Waals surface area contributed by atoms with E-state index in [1.165, 1.54) is 6.20 Å². The van der Waals surface area contributed by atoms with E-state index in [2.05, 4.69) is 20.6 Å².